The van der Waals surface area contributed by atoms with Crippen molar-refractivity contribution in [2.75, 3.05) is 0 Å². The molecule has 222 valence electrons. The Bertz CT molecular complexity index is 1830. The normalized spacial score (nSPS) is 11.2. The fourth-order valence-corrected chi connectivity index (χ4v) is 5.79. The Kier molecular flexibility index (Phi) is 8.00. The number of H-pyrrole nitrogens is 2. The van der Waals surface area contributed by atoms with E-state index in [1.807, 2.05) is 36.4 Å². The van der Waals surface area contributed by atoms with Gasteiger partial charge < -0.3 is 0 Å². The van der Waals surface area contributed by atoms with Crippen molar-refractivity contribution in [2.45, 2.75) is 39.3 Å². The number of benzene rings is 4. The predicted molar refractivity (Wildman–Crippen MR) is 172 cm³/mol. The Morgan fingerprint density at radius 3 is 1.69 bits per heavy atom. The number of hydrogen-bond donors (Lipinski definition) is 2. The fraction of sp³-hybridized carbons (Fsp3) is 0.171. The molecule has 0 saturated carbocycles. The Labute approximate surface area is 260 Å². The molecule has 0 saturated heterocycles. The van der Waals surface area contributed by atoms with Crippen LogP contribution in [0, 0.1) is 0 Å². The van der Waals surface area contributed by atoms with Crippen LogP contribution < -0.4 is 4.57 Å². The summed E-state index contributed by atoms with van der Waals surface area (Å²) < 4.78 is 4.76. The van der Waals surface area contributed by atoms with E-state index in [4.69, 9.17) is 0 Å². The van der Waals surface area contributed by atoms with Gasteiger partial charge in [0.15, 0.2) is 0 Å². The monoisotopic (exact) mass is 593 g/mol. The molecule has 10 nitrogen and oxygen atoms in total. The number of rotatable bonds is 11. The minimum Gasteiger partial charge on any atom is -0.230 e. The van der Waals surface area contributed by atoms with Crippen LogP contribution in [0.4, 0.5) is 0 Å². The second-order valence-corrected chi connectivity index (χ2v) is 11.0. The third kappa shape index (κ3) is 6.03. The fourth-order valence-electron chi connectivity index (χ4n) is 5.79. The molecule has 10 heteroatoms. The highest BCUT2D eigenvalue weighted by Gasteiger charge is 2.18. The van der Waals surface area contributed by atoms with Crippen LogP contribution in [0.25, 0.3) is 45.0 Å². The Morgan fingerprint density at radius 1 is 0.644 bits per heavy atom. The first-order chi connectivity index (χ1) is 22.3. The average Bonchev–Trinajstić information content (AvgIpc) is 3.89. The largest absolute Gasteiger partial charge is 0.256 e. The zero-order chi connectivity index (χ0) is 30.4. The van der Waals surface area contributed by atoms with Crippen LogP contribution in [0.3, 0.4) is 0 Å². The zero-order valence-electron chi connectivity index (χ0n) is 25.0. The molecule has 3 aromatic heterocycles. The van der Waals surface area contributed by atoms with Crippen LogP contribution in [0.15, 0.2) is 109 Å². The number of nitrogens with one attached hydrogen (secondary N) is 2. The molecule has 3 heterocycles. The van der Waals surface area contributed by atoms with Crippen molar-refractivity contribution >= 4 is 0 Å². The Balaban J connectivity index is 1.10. The third-order valence-corrected chi connectivity index (χ3v) is 8.11. The lowest BCUT2D eigenvalue weighted by Gasteiger charge is -2.09. The van der Waals surface area contributed by atoms with E-state index in [9.17, 15) is 0 Å². The van der Waals surface area contributed by atoms with E-state index in [0.29, 0.717) is 11.6 Å². The number of imidazole rings is 1. The summed E-state index contributed by atoms with van der Waals surface area (Å²) in [6.07, 6.45) is 7.73. The lowest BCUT2D eigenvalue weighted by atomic mass is 9.98. The molecule has 0 radical (unpaired) electrons. The summed E-state index contributed by atoms with van der Waals surface area (Å²) in [5.74, 6) is 2.51. The number of aromatic nitrogens is 10. The van der Waals surface area contributed by atoms with Gasteiger partial charge in [-0.15, -0.1) is 20.4 Å². The van der Waals surface area contributed by atoms with E-state index in [-0.39, 0.29) is 0 Å². The lowest BCUT2D eigenvalue weighted by Crippen LogP contribution is -2.38. The van der Waals surface area contributed by atoms with Gasteiger partial charge in [-0.25, -0.2) is 9.13 Å². The number of hydrogen-bond acceptors (Lipinski definition) is 6. The standard InChI is InChI=1S/C35H33N10/c1-2-3-12-33-44(23-25-13-17-27(18-14-25)29-8-4-6-10-31(29)34-36-40-41-37-34)21-22-45(33)24-26-15-19-28(20-16-26)30-9-5-7-11-32(30)35-38-42-43-39-35/h4-11,13-22H,2-3,12,23-24H2,1H3,(H,36,37,40,41)(H,38,39,42,43)/q+1. The Morgan fingerprint density at radius 2 is 1.18 bits per heavy atom. The van der Waals surface area contributed by atoms with Crippen molar-refractivity contribution < 1.29 is 4.57 Å². The summed E-state index contributed by atoms with van der Waals surface area (Å²) in [7, 11) is 0. The maximum atomic E-state index is 4.18. The molecule has 0 aliphatic rings. The molecule has 7 aromatic rings. The summed E-state index contributed by atoms with van der Waals surface area (Å²) in [4.78, 5) is 0. The van der Waals surface area contributed by atoms with Gasteiger partial charge in [0.25, 0.3) is 5.82 Å². The van der Waals surface area contributed by atoms with Gasteiger partial charge in [0, 0.05) is 17.5 Å². The molecule has 0 aliphatic carbocycles. The molecule has 0 aliphatic heterocycles. The molecule has 2 N–H and O–H groups in total. The summed E-state index contributed by atoms with van der Waals surface area (Å²) in [5.41, 5.74) is 8.82. The van der Waals surface area contributed by atoms with Crippen molar-refractivity contribution in [1.82, 2.24) is 45.8 Å². The Hall–Kier alpha value is -5.77. The van der Waals surface area contributed by atoms with Crippen molar-refractivity contribution in [1.29, 1.82) is 0 Å². The van der Waals surface area contributed by atoms with Crippen molar-refractivity contribution in [3.05, 3.63) is 126 Å². The van der Waals surface area contributed by atoms with Gasteiger partial charge in [0.2, 0.25) is 11.6 Å². The van der Waals surface area contributed by atoms with Gasteiger partial charge in [0.05, 0.1) is 0 Å². The van der Waals surface area contributed by atoms with Crippen LogP contribution in [-0.2, 0) is 19.5 Å². The van der Waals surface area contributed by atoms with Crippen molar-refractivity contribution in [2.24, 2.45) is 0 Å². The van der Waals surface area contributed by atoms with Gasteiger partial charge in [0.1, 0.15) is 25.5 Å². The SMILES string of the molecule is CCCCc1n(Cc2ccc(-c3ccccc3-c3nn[nH]n3)cc2)cc[n+]1Cc1ccc(-c2ccccc2-c2nn[nH]n2)cc1. The topological polar surface area (TPSA) is 118 Å². The minimum atomic E-state index is 0.593. The average molecular weight is 594 g/mol. The summed E-state index contributed by atoms with van der Waals surface area (Å²) in [5, 5.41) is 29.3. The van der Waals surface area contributed by atoms with Gasteiger partial charge in [-0.3, -0.25) is 0 Å². The van der Waals surface area contributed by atoms with Crippen LogP contribution in [0.2, 0.25) is 0 Å². The number of unbranched alkanes of at least 4 members (excludes halogenated alkanes) is 1. The van der Waals surface area contributed by atoms with Crippen molar-refractivity contribution in [3.63, 3.8) is 0 Å². The highest BCUT2D eigenvalue weighted by Crippen LogP contribution is 2.31. The van der Waals surface area contributed by atoms with Crippen LogP contribution in [0.1, 0.15) is 36.7 Å². The predicted octanol–water partition coefficient (Wildman–Crippen LogP) is 5.91. The highest BCUT2D eigenvalue weighted by atomic mass is 15.5. The number of tetrazole rings is 2. The van der Waals surface area contributed by atoms with Crippen molar-refractivity contribution in [3.8, 4) is 45.0 Å². The first-order valence-corrected chi connectivity index (χ1v) is 15.2. The molecule has 0 unspecified atom stereocenters. The molecule has 45 heavy (non-hydrogen) atoms. The van der Waals surface area contributed by atoms with Gasteiger partial charge >= 0.3 is 0 Å². The maximum Gasteiger partial charge on any atom is 0.256 e. The van der Waals surface area contributed by atoms with Crippen LogP contribution in [-0.4, -0.2) is 45.8 Å². The third-order valence-electron chi connectivity index (χ3n) is 8.11. The molecular formula is C35H33N10+. The van der Waals surface area contributed by atoms with E-state index in [0.717, 1.165) is 65.7 Å². The first kappa shape index (κ1) is 28.0. The van der Waals surface area contributed by atoms with Crippen LogP contribution in [0.5, 0.6) is 0 Å². The van der Waals surface area contributed by atoms with E-state index in [1.54, 1.807) is 0 Å². The minimum absolute atomic E-state index is 0.593. The molecule has 4 aromatic carbocycles. The summed E-state index contributed by atoms with van der Waals surface area (Å²) in [6, 6.07) is 33.8. The molecule has 0 bridgehead atoms. The lowest BCUT2D eigenvalue weighted by molar-refractivity contribution is -0.695. The van der Waals surface area contributed by atoms with Gasteiger partial charge in [-0.05, 0) is 50.2 Å². The molecule has 0 spiro atoms. The van der Waals surface area contributed by atoms with Gasteiger partial charge in [-0.1, -0.05) is 110 Å². The molecular weight excluding hydrogens is 560 g/mol. The van der Waals surface area contributed by atoms with E-state index in [2.05, 4.69) is 130 Å². The quantitative estimate of drug-likeness (QED) is 0.180. The number of aromatic amines is 2. The number of nitrogens with zero attached hydrogens (tertiary/aromatic N) is 8. The molecule has 7 rings (SSSR count). The molecule has 0 atom stereocenters. The smallest absolute Gasteiger partial charge is 0.230 e. The van der Waals surface area contributed by atoms with E-state index < -0.39 is 0 Å². The van der Waals surface area contributed by atoms with Gasteiger partial charge in [-0.2, -0.15) is 10.4 Å². The molecule has 0 amide bonds. The van der Waals surface area contributed by atoms with E-state index >= 15 is 0 Å². The summed E-state index contributed by atoms with van der Waals surface area (Å²) >= 11 is 0. The second-order valence-electron chi connectivity index (χ2n) is 11.0. The zero-order valence-corrected chi connectivity index (χ0v) is 25.0. The first-order valence-electron chi connectivity index (χ1n) is 15.2. The van der Waals surface area contributed by atoms with Crippen LogP contribution >= 0.6 is 0 Å². The van der Waals surface area contributed by atoms with E-state index in [1.165, 1.54) is 17.0 Å². The second kappa shape index (κ2) is 12.8. The highest BCUT2D eigenvalue weighted by molar-refractivity contribution is 5.81. The molecule has 0 fully saturated rings. The summed E-state index contributed by atoms with van der Waals surface area (Å²) in [6.45, 7) is 3.86. The maximum absolute atomic E-state index is 4.18.